The van der Waals surface area contributed by atoms with Gasteiger partial charge in [-0.25, -0.2) is 0 Å². The van der Waals surface area contributed by atoms with Gasteiger partial charge in [0.15, 0.2) is 0 Å². The Morgan fingerprint density at radius 2 is 0.946 bits per heavy atom. The zero-order chi connectivity index (χ0) is 26.4. The largest absolute Gasteiger partial charge is 0.481 e. The van der Waals surface area contributed by atoms with Gasteiger partial charge in [0.25, 0.3) is 0 Å². The smallest absolute Gasteiger partial charge is 0.304 e. The van der Waals surface area contributed by atoms with Gasteiger partial charge in [-0.2, -0.15) is 0 Å². The Hall–Kier alpha value is -2.95. The summed E-state index contributed by atoms with van der Waals surface area (Å²) in [6.07, 6.45) is 8.21. The fourth-order valence-electron chi connectivity index (χ4n) is 5.17. The zero-order valence-electron chi connectivity index (χ0n) is 21.9. The molecule has 2 N–H and O–H groups in total. The molecule has 0 aliphatic heterocycles. The first-order valence-electron chi connectivity index (χ1n) is 13.2. The monoisotopic (exact) mass is 510 g/mol. The highest BCUT2D eigenvalue weighted by atomic mass is 16.4. The third kappa shape index (κ3) is 11.3. The number of carboxylic acid groups (broad SMARTS) is 2. The first-order valence-corrected chi connectivity index (χ1v) is 13.2. The van der Waals surface area contributed by atoms with E-state index in [1.54, 1.807) is 0 Å². The highest BCUT2D eigenvalue weighted by Gasteiger charge is 2.30. The molecule has 5 heteroatoms. The quantitative estimate of drug-likeness (QED) is 0.198. The summed E-state index contributed by atoms with van der Waals surface area (Å²) in [5, 5.41) is 18.8. The molecule has 0 amide bonds. The second-order valence-electron chi connectivity index (χ2n) is 10.7. The lowest BCUT2D eigenvalue weighted by atomic mass is 9.75. The molecular weight excluding hydrogens is 464 g/mol. The predicted octanol–water partition coefficient (Wildman–Crippen LogP) is 7.96. The number of carboxylic acids is 2. The Morgan fingerprint density at radius 1 is 0.595 bits per heavy atom. The Bertz CT molecular complexity index is 878. The number of carbonyl (C=O) groups excluding carboxylic acids is 1. The summed E-state index contributed by atoms with van der Waals surface area (Å²) in [7, 11) is 0. The average molecular weight is 511 g/mol. The van der Waals surface area contributed by atoms with E-state index in [9.17, 15) is 24.6 Å². The maximum absolute atomic E-state index is 12.3. The van der Waals surface area contributed by atoms with Crippen LogP contribution in [0, 0.1) is 0 Å². The fourth-order valence-corrected chi connectivity index (χ4v) is 5.17. The molecule has 2 aromatic carbocycles. The van der Waals surface area contributed by atoms with Crippen LogP contribution in [-0.4, -0.2) is 27.9 Å². The van der Waals surface area contributed by atoms with Gasteiger partial charge in [0.2, 0.25) is 0 Å². The van der Waals surface area contributed by atoms with E-state index in [1.807, 2.05) is 74.5 Å². The van der Waals surface area contributed by atoms with Crippen LogP contribution in [0.5, 0.6) is 0 Å². The van der Waals surface area contributed by atoms with Crippen molar-refractivity contribution in [2.24, 2.45) is 0 Å². The molecule has 37 heavy (non-hydrogen) atoms. The number of Topliss-reactive ketones (excluding diaryl/α,β-unsaturated/α-hetero) is 1. The first kappa shape index (κ1) is 32.1. The molecule has 0 aromatic heterocycles. The maximum atomic E-state index is 12.3. The van der Waals surface area contributed by atoms with Crippen molar-refractivity contribution in [1.82, 2.24) is 0 Å². The van der Waals surface area contributed by atoms with Crippen LogP contribution in [0.15, 0.2) is 60.7 Å². The van der Waals surface area contributed by atoms with Gasteiger partial charge < -0.3 is 10.2 Å². The van der Waals surface area contributed by atoms with Crippen molar-refractivity contribution in [2.75, 3.05) is 0 Å². The molecule has 0 aliphatic rings. The number of benzene rings is 2. The lowest BCUT2D eigenvalue weighted by Gasteiger charge is -2.28. The van der Waals surface area contributed by atoms with Crippen LogP contribution in [0.3, 0.4) is 0 Å². The minimum atomic E-state index is -0.788. The number of rotatable bonds is 18. The van der Waals surface area contributed by atoms with Gasteiger partial charge in [-0.1, -0.05) is 108 Å². The molecule has 2 unspecified atom stereocenters. The average Bonchev–Trinajstić information content (AvgIpc) is 2.84. The van der Waals surface area contributed by atoms with Gasteiger partial charge in [-0.05, 0) is 36.8 Å². The van der Waals surface area contributed by atoms with E-state index < -0.39 is 22.8 Å². The highest BCUT2D eigenvalue weighted by Crippen LogP contribution is 2.34. The zero-order valence-corrected chi connectivity index (χ0v) is 21.9. The highest BCUT2D eigenvalue weighted by molar-refractivity contribution is 5.78. The third-order valence-electron chi connectivity index (χ3n) is 7.39. The predicted molar refractivity (Wildman–Crippen MR) is 150 cm³/mol. The van der Waals surface area contributed by atoms with Crippen LogP contribution in [0.4, 0.5) is 0 Å². The van der Waals surface area contributed by atoms with Crippen molar-refractivity contribution in [1.29, 1.82) is 0 Å². The van der Waals surface area contributed by atoms with E-state index in [-0.39, 0.29) is 26.1 Å². The Kier molecular flexibility index (Phi) is 13.9. The summed E-state index contributed by atoms with van der Waals surface area (Å²) in [6, 6.07) is 19.7. The topological polar surface area (TPSA) is 91.7 Å². The summed E-state index contributed by atoms with van der Waals surface area (Å²) < 4.78 is 0. The summed E-state index contributed by atoms with van der Waals surface area (Å²) in [5.74, 6) is -1.30. The van der Waals surface area contributed by atoms with Crippen molar-refractivity contribution in [2.45, 2.75) is 109 Å². The molecule has 2 atom stereocenters. The van der Waals surface area contributed by atoms with Crippen molar-refractivity contribution in [3.8, 4) is 0 Å². The molecular formula is C32H46O5. The van der Waals surface area contributed by atoms with Crippen LogP contribution in [0.1, 0.15) is 109 Å². The lowest BCUT2D eigenvalue weighted by Crippen LogP contribution is -2.25. The van der Waals surface area contributed by atoms with Crippen molar-refractivity contribution < 1.29 is 24.6 Å². The number of carbonyl (C=O) groups is 3. The minimum absolute atomic E-state index is 0. The molecule has 2 rings (SSSR count). The molecule has 0 saturated heterocycles. The molecule has 0 saturated carbocycles. The van der Waals surface area contributed by atoms with E-state index >= 15 is 0 Å². The molecule has 5 nitrogen and oxygen atoms in total. The third-order valence-corrected chi connectivity index (χ3v) is 7.39. The summed E-state index contributed by atoms with van der Waals surface area (Å²) in [5.41, 5.74) is 1.31. The van der Waals surface area contributed by atoms with Gasteiger partial charge in [-0.3, -0.25) is 14.4 Å². The van der Waals surface area contributed by atoms with E-state index in [0.29, 0.717) is 12.8 Å². The van der Waals surface area contributed by atoms with Crippen molar-refractivity contribution >= 4 is 17.7 Å². The molecule has 0 spiro atoms. The summed E-state index contributed by atoms with van der Waals surface area (Å²) >= 11 is 0. The normalized spacial score (nSPS) is 14.1. The second kappa shape index (κ2) is 16.0. The molecule has 0 bridgehead atoms. The fraction of sp³-hybridized carbons (Fsp3) is 0.531. The standard InChI is InChI=1S/C31H42O5.CH4/c1-30(23-28(33)34,25-15-7-3-8-16-25)21-13-5-11-19-27(32)20-12-6-14-22-31(2,24-29(35)36)26-17-9-4-10-18-26;/h3-4,7-10,15-18H,5-6,11-14,19-24H2,1-2H3,(H,33,34)(H,35,36);1H4. The van der Waals surface area contributed by atoms with Gasteiger partial charge in [-0.15, -0.1) is 0 Å². The van der Waals surface area contributed by atoms with Crippen LogP contribution in [0.25, 0.3) is 0 Å². The summed E-state index contributed by atoms with van der Waals surface area (Å²) in [4.78, 5) is 35.2. The number of hydrogen-bond donors (Lipinski definition) is 2. The van der Waals surface area contributed by atoms with Crippen LogP contribution >= 0.6 is 0 Å². The molecule has 2 aromatic rings. The summed E-state index contributed by atoms with van der Waals surface area (Å²) in [6.45, 7) is 4.03. The van der Waals surface area contributed by atoms with Crippen LogP contribution < -0.4 is 0 Å². The van der Waals surface area contributed by atoms with Crippen LogP contribution in [0.2, 0.25) is 0 Å². The van der Waals surface area contributed by atoms with E-state index in [2.05, 4.69) is 0 Å². The number of ketones is 1. The molecule has 0 heterocycles. The van der Waals surface area contributed by atoms with E-state index in [0.717, 1.165) is 62.5 Å². The van der Waals surface area contributed by atoms with Crippen molar-refractivity contribution in [3.63, 3.8) is 0 Å². The Morgan fingerprint density at radius 3 is 1.27 bits per heavy atom. The first-order chi connectivity index (χ1) is 17.1. The second-order valence-corrected chi connectivity index (χ2v) is 10.7. The Balaban J connectivity index is 0.00000684. The molecule has 0 radical (unpaired) electrons. The van der Waals surface area contributed by atoms with Gasteiger partial charge >= 0.3 is 11.9 Å². The van der Waals surface area contributed by atoms with Crippen molar-refractivity contribution in [3.05, 3.63) is 71.8 Å². The molecule has 0 aliphatic carbocycles. The van der Waals surface area contributed by atoms with Crippen LogP contribution in [-0.2, 0) is 25.2 Å². The number of unbranched alkanes of at least 4 members (excludes halogenated alkanes) is 4. The SMILES string of the molecule is C.CC(CCCCCC(=O)CCCCCC(C)(CC(=O)O)c1ccccc1)(CC(=O)O)c1ccccc1. The van der Waals surface area contributed by atoms with E-state index in [1.165, 1.54) is 0 Å². The maximum Gasteiger partial charge on any atom is 0.304 e. The van der Waals surface area contributed by atoms with Gasteiger partial charge in [0.05, 0.1) is 12.8 Å². The number of hydrogen-bond acceptors (Lipinski definition) is 3. The van der Waals surface area contributed by atoms with Gasteiger partial charge in [0, 0.05) is 23.7 Å². The Labute approximate surface area is 223 Å². The minimum Gasteiger partial charge on any atom is -0.481 e. The van der Waals surface area contributed by atoms with E-state index in [4.69, 9.17) is 0 Å². The molecule has 204 valence electrons. The number of aliphatic carboxylic acids is 2. The van der Waals surface area contributed by atoms with Gasteiger partial charge in [0.1, 0.15) is 5.78 Å². The lowest BCUT2D eigenvalue weighted by molar-refractivity contribution is -0.139. The molecule has 0 fully saturated rings.